The van der Waals surface area contributed by atoms with E-state index in [-0.39, 0.29) is 5.78 Å². The number of ketones is 1. The first-order valence-corrected chi connectivity index (χ1v) is 10.6. The molecule has 0 fully saturated rings. The lowest BCUT2D eigenvalue weighted by Crippen LogP contribution is -1.96. The van der Waals surface area contributed by atoms with Crippen LogP contribution < -0.4 is 4.74 Å². The Kier molecular flexibility index (Phi) is 9.17. The largest absolute Gasteiger partial charge is 0.494 e. The second-order valence-electron chi connectivity index (χ2n) is 6.79. The van der Waals surface area contributed by atoms with Gasteiger partial charge in [0.1, 0.15) is 5.75 Å². The summed E-state index contributed by atoms with van der Waals surface area (Å²) in [4.78, 5) is 11.4. The minimum absolute atomic E-state index is 0.0923. The Bertz CT molecular complexity index is 860. The van der Waals surface area contributed by atoms with E-state index in [4.69, 9.17) is 4.74 Å². The molecule has 0 aliphatic rings. The van der Waals surface area contributed by atoms with E-state index in [0.717, 1.165) is 35.5 Å². The molecule has 0 aliphatic heterocycles. The van der Waals surface area contributed by atoms with Crippen LogP contribution in [0.5, 0.6) is 5.75 Å². The third kappa shape index (κ3) is 6.60. The number of ether oxygens (including phenoxy) is 1. The molecular formula is C27H32O2. The first-order chi connectivity index (χ1) is 14.2. The first-order valence-electron chi connectivity index (χ1n) is 10.6. The molecule has 29 heavy (non-hydrogen) atoms. The van der Waals surface area contributed by atoms with Crippen LogP contribution >= 0.6 is 0 Å². The summed E-state index contributed by atoms with van der Waals surface area (Å²) in [5.41, 5.74) is 5.35. The number of carbonyl (C=O) groups excluding carboxylic acids is 1. The van der Waals surface area contributed by atoms with E-state index >= 15 is 0 Å². The Hall–Kier alpha value is -2.87. The van der Waals surface area contributed by atoms with Crippen molar-refractivity contribution in [2.75, 3.05) is 6.61 Å². The number of unbranched alkanes of at least 4 members (excludes halogenated alkanes) is 2. The lowest BCUT2D eigenvalue weighted by atomic mass is 9.99. The molecule has 0 radical (unpaired) electrons. The van der Waals surface area contributed by atoms with Crippen molar-refractivity contribution in [3.05, 3.63) is 78.4 Å². The molecule has 0 unspecified atom stereocenters. The van der Waals surface area contributed by atoms with Gasteiger partial charge in [-0.15, -0.1) is 0 Å². The van der Waals surface area contributed by atoms with Crippen LogP contribution in [0.2, 0.25) is 0 Å². The zero-order valence-electron chi connectivity index (χ0n) is 18.1. The summed E-state index contributed by atoms with van der Waals surface area (Å²) in [6, 6.07) is 24.5. The van der Waals surface area contributed by atoms with Crippen LogP contribution in [-0.4, -0.2) is 12.4 Å². The van der Waals surface area contributed by atoms with Crippen LogP contribution in [0.15, 0.2) is 72.8 Å². The Morgan fingerprint density at radius 1 is 0.690 bits per heavy atom. The average Bonchev–Trinajstić information content (AvgIpc) is 2.79. The first kappa shape index (κ1) is 22.4. The van der Waals surface area contributed by atoms with Crippen LogP contribution in [-0.2, 0) is 0 Å². The molecule has 0 bridgehead atoms. The van der Waals surface area contributed by atoms with Gasteiger partial charge in [0.05, 0.1) is 6.61 Å². The van der Waals surface area contributed by atoms with Crippen LogP contribution in [0, 0.1) is 0 Å². The highest BCUT2D eigenvalue weighted by atomic mass is 16.5. The number of hydrogen-bond donors (Lipinski definition) is 0. The molecule has 3 rings (SSSR count). The maximum Gasteiger partial charge on any atom is 0.159 e. The van der Waals surface area contributed by atoms with E-state index in [2.05, 4.69) is 43.3 Å². The van der Waals surface area contributed by atoms with Gasteiger partial charge in [-0.25, -0.2) is 0 Å². The van der Waals surface area contributed by atoms with E-state index in [0.29, 0.717) is 0 Å². The van der Waals surface area contributed by atoms with Gasteiger partial charge in [-0.05, 0) is 47.7 Å². The quantitative estimate of drug-likeness (QED) is 0.290. The standard InChI is InChI=1S/C25H26O2.C2H6/c1-3-4-5-18-27-25-16-14-24(15-17-25)23-12-10-22(11-13-23)21-8-6-20(7-9-21)19(2)26;1-2/h6-17H,3-5,18H2,1-2H3;1-2H3. The van der Waals surface area contributed by atoms with E-state index in [1.807, 2.05) is 50.2 Å². The maximum absolute atomic E-state index is 11.4. The molecule has 3 aromatic carbocycles. The highest BCUT2D eigenvalue weighted by Crippen LogP contribution is 2.26. The Labute approximate surface area is 175 Å². The fraction of sp³-hybridized carbons (Fsp3) is 0.296. The molecule has 0 saturated heterocycles. The van der Waals surface area contributed by atoms with Gasteiger partial charge in [-0.1, -0.05) is 94.3 Å². The summed E-state index contributed by atoms with van der Waals surface area (Å²) in [5, 5.41) is 0. The summed E-state index contributed by atoms with van der Waals surface area (Å²) in [7, 11) is 0. The fourth-order valence-corrected chi connectivity index (χ4v) is 3.04. The van der Waals surface area contributed by atoms with Crippen LogP contribution in [0.25, 0.3) is 22.3 Å². The van der Waals surface area contributed by atoms with Crippen molar-refractivity contribution in [2.45, 2.75) is 47.0 Å². The van der Waals surface area contributed by atoms with E-state index < -0.39 is 0 Å². The zero-order valence-corrected chi connectivity index (χ0v) is 18.1. The molecule has 0 spiro atoms. The van der Waals surface area contributed by atoms with Crippen LogP contribution in [0.4, 0.5) is 0 Å². The van der Waals surface area contributed by atoms with Crippen molar-refractivity contribution < 1.29 is 9.53 Å². The molecule has 2 nitrogen and oxygen atoms in total. The second kappa shape index (κ2) is 11.9. The molecule has 0 heterocycles. The third-order valence-electron chi connectivity index (χ3n) is 4.71. The van der Waals surface area contributed by atoms with Gasteiger partial charge in [0, 0.05) is 5.56 Å². The Balaban J connectivity index is 0.00000145. The molecule has 0 amide bonds. The summed E-state index contributed by atoms with van der Waals surface area (Å²) in [6.07, 6.45) is 3.52. The van der Waals surface area contributed by atoms with Crippen molar-refractivity contribution >= 4 is 5.78 Å². The molecule has 0 saturated carbocycles. The summed E-state index contributed by atoms with van der Waals surface area (Å²) >= 11 is 0. The van der Waals surface area contributed by atoms with Gasteiger partial charge < -0.3 is 4.74 Å². The number of carbonyl (C=O) groups is 1. The molecule has 152 valence electrons. The van der Waals surface area contributed by atoms with Crippen LogP contribution in [0.1, 0.15) is 57.3 Å². The smallest absolute Gasteiger partial charge is 0.159 e. The number of hydrogen-bond acceptors (Lipinski definition) is 2. The normalized spacial score (nSPS) is 10.1. The molecule has 0 N–H and O–H groups in total. The van der Waals surface area contributed by atoms with Crippen molar-refractivity contribution in [3.63, 3.8) is 0 Å². The fourth-order valence-electron chi connectivity index (χ4n) is 3.04. The van der Waals surface area contributed by atoms with Gasteiger partial charge in [0.25, 0.3) is 0 Å². The Morgan fingerprint density at radius 2 is 1.10 bits per heavy atom. The van der Waals surface area contributed by atoms with Crippen LogP contribution in [0.3, 0.4) is 0 Å². The number of benzene rings is 3. The minimum atomic E-state index is 0.0923. The molecule has 0 atom stereocenters. The molecule has 0 aromatic heterocycles. The predicted octanol–water partition coefficient (Wildman–Crippen LogP) is 7.82. The zero-order chi connectivity index (χ0) is 21.1. The van der Waals surface area contributed by atoms with Gasteiger partial charge >= 0.3 is 0 Å². The van der Waals surface area contributed by atoms with Crippen molar-refractivity contribution in [3.8, 4) is 28.0 Å². The SMILES string of the molecule is CC.CCCCCOc1ccc(-c2ccc(-c3ccc(C(C)=O)cc3)cc2)cc1. The molecule has 2 heteroatoms. The molecule has 3 aromatic rings. The molecule has 0 aliphatic carbocycles. The highest BCUT2D eigenvalue weighted by molar-refractivity contribution is 5.94. The molecular weight excluding hydrogens is 356 g/mol. The van der Waals surface area contributed by atoms with Gasteiger partial charge in [-0.2, -0.15) is 0 Å². The lowest BCUT2D eigenvalue weighted by molar-refractivity contribution is 0.101. The van der Waals surface area contributed by atoms with Gasteiger partial charge in [-0.3, -0.25) is 4.79 Å². The van der Waals surface area contributed by atoms with Gasteiger partial charge in [0.2, 0.25) is 0 Å². The maximum atomic E-state index is 11.4. The van der Waals surface area contributed by atoms with Crippen molar-refractivity contribution in [1.29, 1.82) is 0 Å². The van der Waals surface area contributed by atoms with E-state index in [1.165, 1.54) is 24.0 Å². The number of rotatable bonds is 8. The minimum Gasteiger partial charge on any atom is -0.494 e. The van der Waals surface area contributed by atoms with E-state index in [1.54, 1.807) is 6.92 Å². The lowest BCUT2D eigenvalue weighted by Gasteiger charge is -2.08. The summed E-state index contributed by atoms with van der Waals surface area (Å²) in [5.74, 6) is 1.02. The van der Waals surface area contributed by atoms with Crippen molar-refractivity contribution in [2.24, 2.45) is 0 Å². The topological polar surface area (TPSA) is 26.3 Å². The number of Topliss-reactive ketones (excluding diaryl/α,β-unsaturated/α-hetero) is 1. The second-order valence-corrected chi connectivity index (χ2v) is 6.79. The Morgan fingerprint density at radius 3 is 1.52 bits per heavy atom. The monoisotopic (exact) mass is 388 g/mol. The summed E-state index contributed by atoms with van der Waals surface area (Å²) in [6.45, 7) is 8.57. The third-order valence-corrected chi connectivity index (χ3v) is 4.71. The summed E-state index contributed by atoms with van der Waals surface area (Å²) < 4.78 is 5.78. The van der Waals surface area contributed by atoms with E-state index in [9.17, 15) is 4.79 Å². The predicted molar refractivity (Wildman–Crippen MR) is 124 cm³/mol. The van der Waals surface area contributed by atoms with Gasteiger partial charge in [0.15, 0.2) is 5.78 Å². The average molecular weight is 389 g/mol. The highest BCUT2D eigenvalue weighted by Gasteiger charge is 2.03. The van der Waals surface area contributed by atoms with Crippen molar-refractivity contribution in [1.82, 2.24) is 0 Å².